The number of rotatable bonds is 1. The number of nitrogens with zero attached hydrogens (tertiary/aromatic N) is 3. The fourth-order valence-corrected chi connectivity index (χ4v) is 1.87. The number of halogens is 2. The van der Waals surface area contributed by atoms with Crippen molar-refractivity contribution in [2.24, 2.45) is 4.99 Å². The van der Waals surface area contributed by atoms with Gasteiger partial charge >= 0.3 is 0 Å². The lowest BCUT2D eigenvalue weighted by Crippen LogP contribution is -2.27. The van der Waals surface area contributed by atoms with E-state index in [9.17, 15) is 0 Å². The molecule has 1 aliphatic heterocycles. The zero-order valence-electron chi connectivity index (χ0n) is 6.64. The van der Waals surface area contributed by atoms with Crippen molar-refractivity contribution in [3.05, 3.63) is 30.6 Å². The Bertz CT molecular complexity index is 342. The van der Waals surface area contributed by atoms with E-state index in [4.69, 9.17) is 11.6 Å². The van der Waals surface area contributed by atoms with Gasteiger partial charge in [-0.15, -0.1) is 0 Å². The Morgan fingerprint density at radius 2 is 2.38 bits per heavy atom. The molecule has 0 radical (unpaired) electrons. The largest absolute Gasteiger partial charge is 0.263 e. The molecule has 2 unspecified atom stereocenters. The average Bonchev–Trinajstić information content (AvgIpc) is 2.55. The average molecular weight is 261 g/mol. The molecule has 0 saturated carbocycles. The van der Waals surface area contributed by atoms with Crippen LogP contribution in [0.5, 0.6) is 0 Å². The molecule has 0 N–H and O–H groups in total. The molecular weight excluding hydrogens is 253 g/mol. The van der Waals surface area contributed by atoms with E-state index in [1.54, 1.807) is 17.1 Å². The van der Waals surface area contributed by atoms with Gasteiger partial charge in [-0.3, -0.25) is 4.99 Å². The molecule has 13 heavy (non-hydrogen) atoms. The molecule has 1 aliphatic rings. The lowest BCUT2D eigenvalue weighted by Gasteiger charge is -2.26. The van der Waals surface area contributed by atoms with Gasteiger partial charge in [-0.1, -0.05) is 27.5 Å². The molecule has 1 aromatic rings. The summed E-state index contributed by atoms with van der Waals surface area (Å²) < 4.78 is 1.04. The van der Waals surface area contributed by atoms with Gasteiger partial charge in [0.25, 0.3) is 0 Å². The van der Waals surface area contributed by atoms with E-state index in [1.807, 2.05) is 24.4 Å². The molecule has 0 aromatic carbocycles. The predicted octanol–water partition coefficient (Wildman–Crippen LogP) is 2.35. The highest BCUT2D eigenvalue weighted by Gasteiger charge is 2.34. The summed E-state index contributed by atoms with van der Waals surface area (Å²) in [5, 5.41) is 4.09. The van der Waals surface area contributed by atoms with Gasteiger partial charge in [0.1, 0.15) is 0 Å². The van der Waals surface area contributed by atoms with Crippen LogP contribution in [0.25, 0.3) is 0 Å². The topological polar surface area (TPSA) is 30.2 Å². The number of alkyl halides is 2. The van der Waals surface area contributed by atoms with E-state index in [-0.39, 0.29) is 6.17 Å². The molecule has 68 valence electrons. The molecule has 3 nitrogen and oxygen atoms in total. The number of dihydropyridines is 1. The van der Waals surface area contributed by atoms with Crippen molar-refractivity contribution < 1.29 is 0 Å². The Hall–Kier alpha value is -0.610. The Morgan fingerprint density at radius 3 is 3.00 bits per heavy atom. The van der Waals surface area contributed by atoms with Gasteiger partial charge in [-0.05, 0) is 18.2 Å². The first-order valence-electron chi connectivity index (χ1n) is 3.78. The number of hydrogen-bond acceptors (Lipinski definition) is 2. The Morgan fingerprint density at radius 1 is 1.54 bits per heavy atom. The van der Waals surface area contributed by atoms with Crippen LogP contribution in [0.2, 0.25) is 0 Å². The van der Waals surface area contributed by atoms with Gasteiger partial charge in [-0.2, -0.15) is 5.10 Å². The fourth-order valence-electron chi connectivity index (χ4n) is 1.16. The van der Waals surface area contributed by atoms with Gasteiger partial charge in [0.05, 0.1) is 0 Å². The maximum atomic E-state index is 6.18. The summed E-state index contributed by atoms with van der Waals surface area (Å²) in [7, 11) is 0. The highest BCUT2D eigenvalue weighted by molar-refractivity contribution is 9.10. The minimum atomic E-state index is -0.673. The maximum Gasteiger partial charge on any atom is 0.173 e. The van der Waals surface area contributed by atoms with E-state index in [0.29, 0.717) is 0 Å². The second kappa shape index (κ2) is 3.27. The number of allylic oxidation sites excluding steroid dienone is 1. The van der Waals surface area contributed by atoms with Crippen LogP contribution in [0.15, 0.2) is 35.6 Å². The summed E-state index contributed by atoms with van der Waals surface area (Å²) in [4.78, 5) is 4.23. The van der Waals surface area contributed by atoms with Crippen LogP contribution in [0.3, 0.4) is 0 Å². The van der Waals surface area contributed by atoms with Crippen LogP contribution in [0.4, 0.5) is 0 Å². The third-order valence-electron chi connectivity index (χ3n) is 1.75. The van der Waals surface area contributed by atoms with Crippen LogP contribution in [-0.4, -0.2) is 19.8 Å². The first-order chi connectivity index (χ1) is 6.20. The minimum absolute atomic E-state index is 0.228. The summed E-state index contributed by atoms with van der Waals surface area (Å²) in [5.41, 5.74) is 0. The number of aromatic nitrogens is 2. The lowest BCUT2D eigenvalue weighted by atomic mass is 10.2. The maximum absolute atomic E-state index is 6.18. The highest BCUT2D eigenvalue weighted by atomic mass is 79.9. The molecular formula is C8H7BrClN3. The third kappa shape index (κ3) is 1.69. The zero-order chi connectivity index (χ0) is 9.31. The van der Waals surface area contributed by atoms with Gasteiger partial charge in [0, 0.05) is 18.6 Å². The predicted molar refractivity (Wildman–Crippen MR) is 56.4 cm³/mol. The molecule has 2 rings (SSSR count). The summed E-state index contributed by atoms with van der Waals surface area (Å²) in [5.74, 6) is 0. The third-order valence-corrected chi connectivity index (χ3v) is 2.75. The van der Waals surface area contributed by atoms with Gasteiger partial charge in [0.2, 0.25) is 0 Å². The molecule has 2 heterocycles. The second-order valence-electron chi connectivity index (χ2n) is 2.69. The molecule has 0 spiro atoms. The number of aliphatic imine (C=N–C) groups is 1. The van der Waals surface area contributed by atoms with Gasteiger partial charge in [0.15, 0.2) is 9.95 Å². The van der Waals surface area contributed by atoms with Gasteiger partial charge < -0.3 is 0 Å². The smallest absolute Gasteiger partial charge is 0.173 e. The Kier molecular flexibility index (Phi) is 2.26. The highest BCUT2D eigenvalue weighted by Crippen LogP contribution is 2.39. The molecule has 1 aromatic heterocycles. The van der Waals surface area contributed by atoms with Crippen molar-refractivity contribution in [3.8, 4) is 0 Å². The number of hydrogen-bond donors (Lipinski definition) is 0. The SMILES string of the molecule is ClC1(Br)C=CC=NC1n1cccn1. The van der Waals surface area contributed by atoms with Crippen molar-refractivity contribution in [2.45, 2.75) is 9.95 Å². The van der Waals surface area contributed by atoms with Crippen LogP contribution in [0, 0.1) is 0 Å². The van der Waals surface area contributed by atoms with Crippen LogP contribution < -0.4 is 0 Å². The molecule has 5 heteroatoms. The van der Waals surface area contributed by atoms with Crippen molar-refractivity contribution in [3.63, 3.8) is 0 Å². The molecule has 0 aliphatic carbocycles. The van der Waals surface area contributed by atoms with Gasteiger partial charge in [-0.25, -0.2) is 4.68 Å². The summed E-state index contributed by atoms with van der Waals surface area (Å²) >= 11 is 9.57. The van der Waals surface area contributed by atoms with E-state index in [0.717, 1.165) is 0 Å². The Labute approximate surface area is 89.2 Å². The van der Waals surface area contributed by atoms with Crippen LogP contribution in [-0.2, 0) is 0 Å². The van der Waals surface area contributed by atoms with E-state index >= 15 is 0 Å². The van der Waals surface area contributed by atoms with E-state index < -0.39 is 3.78 Å². The summed E-state index contributed by atoms with van der Waals surface area (Å²) in [6.07, 6.45) is 8.67. The normalized spacial score (nSPS) is 32.3. The molecule has 0 saturated heterocycles. The van der Waals surface area contributed by atoms with Crippen molar-refractivity contribution in [2.75, 3.05) is 0 Å². The summed E-state index contributed by atoms with van der Waals surface area (Å²) in [6, 6.07) is 1.84. The van der Waals surface area contributed by atoms with Crippen molar-refractivity contribution in [1.82, 2.24) is 9.78 Å². The van der Waals surface area contributed by atoms with Crippen molar-refractivity contribution >= 4 is 33.7 Å². The minimum Gasteiger partial charge on any atom is -0.263 e. The first kappa shape index (κ1) is 8.97. The molecule has 0 amide bonds. The monoisotopic (exact) mass is 259 g/mol. The van der Waals surface area contributed by atoms with E-state index in [1.165, 1.54) is 0 Å². The standard InChI is InChI=1S/C8H7BrClN3/c9-8(10)3-1-4-11-7(8)13-6-2-5-12-13/h1-7H. The lowest BCUT2D eigenvalue weighted by molar-refractivity contribution is 0.467. The molecule has 0 fully saturated rings. The fraction of sp³-hybridized carbons (Fsp3) is 0.250. The quantitative estimate of drug-likeness (QED) is 0.713. The second-order valence-corrected chi connectivity index (χ2v) is 5.09. The first-order valence-corrected chi connectivity index (χ1v) is 4.95. The molecule has 0 bridgehead atoms. The Balaban J connectivity index is 2.34. The zero-order valence-corrected chi connectivity index (χ0v) is 8.98. The van der Waals surface area contributed by atoms with Crippen molar-refractivity contribution in [1.29, 1.82) is 0 Å². The summed E-state index contributed by atoms with van der Waals surface area (Å²) in [6.45, 7) is 0. The van der Waals surface area contributed by atoms with E-state index in [2.05, 4.69) is 26.0 Å². The van der Waals surface area contributed by atoms with Crippen LogP contribution >= 0.6 is 27.5 Å². The van der Waals surface area contributed by atoms with Crippen LogP contribution in [0.1, 0.15) is 6.17 Å². The molecule has 2 atom stereocenters.